The number of carbonyl (C=O) groups excluding carboxylic acids is 1. The average Bonchev–Trinajstić information content (AvgIpc) is 2.71. The average molecular weight is 405 g/mol. The zero-order chi connectivity index (χ0) is 21.2. The second-order valence-electron chi connectivity index (χ2n) is 6.49. The maximum Gasteiger partial charge on any atom is 0.280 e. The molecule has 150 valence electrons. The van der Waals surface area contributed by atoms with Gasteiger partial charge in [0, 0.05) is 30.3 Å². The number of nitrogens with two attached hydrogens (primary N) is 1. The van der Waals surface area contributed by atoms with Crippen LogP contribution in [0, 0.1) is 17.1 Å². The predicted molar refractivity (Wildman–Crippen MR) is 96.8 cm³/mol. The Bertz CT molecular complexity index is 1020. The van der Waals surface area contributed by atoms with Gasteiger partial charge >= 0.3 is 0 Å². The third kappa shape index (κ3) is 3.63. The lowest BCUT2D eigenvalue weighted by Gasteiger charge is -2.39. The van der Waals surface area contributed by atoms with Crippen molar-refractivity contribution in [2.75, 3.05) is 12.0 Å². The Morgan fingerprint density at radius 2 is 2.07 bits per heavy atom. The highest BCUT2D eigenvalue weighted by atomic mass is 19.3. The molecular formula is C19H15F4N5O. The minimum absolute atomic E-state index is 0.0551. The van der Waals surface area contributed by atoms with Gasteiger partial charge in [-0.1, -0.05) is 0 Å². The molecule has 0 saturated carbocycles. The first-order valence-corrected chi connectivity index (χ1v) is 8.48. The summed E-state index contributed by atoms with van der Waals surface area (Å²) >= 11 is 0. The number of nitrogens with zero attached hydrogens (tertiary/aromatic N) is 3. The third-order valence-electron chi connectivity index (χ3n) is 4.62. The van der Waals surface area contributed by atoms with Crippen molar-refractivity contribution in [2.24, 2.45) is 10.7 Å². The Morgan fingerprint density at radius 1 is 1.31 bits per heavy atom. The fraction of sp³-hybridized carbons (Fsp3) is 0.263. The fourth-order valence-corrected chi connectivity index (χ4v) is 3.04. The van der Waals surface area contributed by atoms with E-state index in [1.54, 1.807) is 0 Å². The Balaban J connectivity index is 1.98. The largest absolute Gasteiger partial charge is 0.387 e. The number of carbonyl (C=O) groups is 1. The molecule has 29 heavy (non-hydrogen) atoms. The minimum atomic E-state index is -3.68. The first-order valence-electron chi connectivity index (χ1n) is 8.48. The van der Waals surface area contributed by atoms with Crippen LogP contribution in [0.1, 0.15) is 34.5 Å². The normalized spacial score (nSPS) is 20.4. The molecule has 0 spiro atoms. The van der Waals surface area contributed by atoms with Crippen LogP contribution in [0.3, 0.4) is 0 Å². The SMILES string of the molecule is N#Cc1ccc(C(=O)Nc2ccc(F)c([C@@]3(CF)N=C(N)CCC3(F)F)c2)nc1. The first kappa shape index (κ1) is 20.3. The van der Waals surface area contributed by atoms with Gasteiger partial charge in [0.15, 0.2) is 5.54 Å². The Labute approximate surface area is 163 Å². The summed E-state index contributed by atoms with van der Waals surface area (Å²) in [5.41, 5.74) is 2.15. The summed E-state index contributed by atoms with van der Waals surface area (Å²) in [6.45, 7) is -1.67. The lowest BCUT2D eigenvalue weighted by atomic mass is 9.80. The van der Waals surface area contributed by atoms with Gasteiger partial charge in [0.1, 0.15) is 24.3 Å². The molecule has 0 radical (unpaired) electrons. The Kier molecular flexibility index (Phi) is 5.24. The maximum atomic E-state index is 14.6. The summed E-state index contributed by atoms with van der Waals surface area (Å²) in [6, 6.07) is 7.40. The number of nitriles is 1. The number of anilines is 1. The molecule has 1 amide bonds. The van der Waals surface area contributed by atoms with Crippen LogP contribution in [0.4, 0.5) is 23.2 Å². The molecule has 1 atom stereocenters. The van der Waals surface area contributed by atoms with E-state index in [0.717, 1.165) is 18.2 Å². The molecule has 3 rings (SSSR count). The molecule has 0 bridgehead atoms. The number of benzene rings is 1. The Morgan fingerprint density at radius 3 is 2.69 bits per heavy atom. The summed E-state index contributed by atoms with van der Waals surface area (Å²) in [5.74, 6) is -5.71. The van der Waals surface area contributed by atoms with Crippen LogP contribution in [0.5, 0.6) is 0 Å². The standard InChI is InChI=1S/C19H15F4N5O/c20-10-18(19(22,23)6-5-16(25)28-18)13-7-12(2-3-14(13)21)27-17(29)15-4-1-11(8-24)9-26-15/h1-4,7,9H,5-6,10H2,(H2,25,28)(H,27,29)/t18-/m1/s1. The molecule has 6 nitrogen and oxygen atoms in total. The summed E-state index contributed by atoms with van der Waals surface area (Å²) in [5, 5.41) is 11.1. The van der Waals surface area contributed by atoms with E-state index in [4.69, 9.17) is 11.0 Å². The molecule has 0 fully saturated rings. The summed E-state index contributed by atoms with van der Waals surface area (Å²) in [6.07, 6.45) is 0.164. The van der Waals surface area contributed by atoms with Crippen molar-refractivity contribution in [3.05, 3.63) is 59.2 Å². The lowest BCUT2D eigenvalue weighted by molar-refractivity contribution is -0.0959. The molecule has 0 unspecified atom stereocenters. The van der Waals surface area contributed by atoms with Gasteiger partial charge in [-0.2, -0.15) is 5.26 Å². The van der Waals surface area contributed by atoms with E-state index in [1.165, 1.54) is 18.3 Å². The summed E-state index contributed by atoms with van der Waals surface area (Å²) < 4.78 is 57.5. The second-order valence-corrected chi connectivity index (χ2v) is 6.49. The van der Waals surface area contributed by atoms with Crippen molar-refractivity contribution < 1.29 is 22.4 Å². The van der Waals surface area contributed by atoms with Gasteiger partial charge in [-0.25, -0.2) is 22.5 Å². The quantitative estimate of drug-likeness (QED) is 0.762. The summed E-state index contributed by atoms with van der Waals surface area (Å²) in [4.78, 5) is 19.7. The van der Waals surface area contributed by atoms with Crippen molar-refractivity contribution in [1.29, 1.82) is 5.26 Å². The molecule has 2 heterocycles. The van der Waals surface area contributed by atoms with Gasteiger partial charge < -0.3 is 11.1 Å². The van der Waals surface area contributed by atoms with Crippen molar-refractivity contribution in [1.82, 2.24) is 4.98 Å². The van der Waals surface area contributed by atoms with Crippen LogP contribution in [0.15, 0.2) is 41.5 Å². The van der Waals surface area contributed by atoms with E-state index < -0.39 is 41.8 Å². The van der Waals surface area contributed by atoms with E-state index in [1.807, 2.05) is 6.07 Å². The lowest BCUT2D eigenvalue weighted by Crippen LogP contribution is -2.51. The van der Waals surface area contributed by atoms with Crippen molar-refractivity contribution in [3.8, 4) is 6.07 Å². The smallest absolute Gasteiger partial charge is 0.280 e. The number of nitrogens with one attached hydrogen (secondary N) is 1. The van der Waals surface area contributed by atoms with Crippen LogP contribution in [-0.2, 0) is 5.54 Å². The number of hydrogen-bond acceptors (Lipinski definition) is 5. The molecule has 1 aromatic carbocycles. The van der Waals surface area contributed by atoms with Gasteiger partial charge in [-0.05, 0) is 30.3 Å². The molecule has 10 heteroatoms. The number of rotatable bonds is 4. The molecule has 0 aliphatic carbocycles. The van der Waals surface area contributed by atoms with Crippen molar-refractivity contribution in [2.45, 2.75) is 24.3 Å². The van der Waals surface area contributed by atoms with Gasteiger partial charge in [-0.3, -0.25) is 9.79 Å². The number of hydrogen-bond donors (Lipinski definition) is 2. The van der Waals surface area contributed by atoms with Crippen molar-refractivity contribution >= 4 is 17.4 Å². The summed E-state index contributed by atoms with van der Waals surface area (Å²) in [7, 11) is 0. The van der Waals surface area contributed by atoms with Crippen LogP contribution < -0.4 is 11.1 Å². The monoisotopic (exact) mass is 405 g/mol. The van der Waals surface area contributed by atoms with E-state index in [2.05, 4.69) is 15.3 Å². The van der Waals surface area contributed by atoms with E-state index >= 15 is 0 Å². The van der Waals surface area contributed by atoms with Crippen molar-refractivity contribution in [3.63, 3.8) is 0 Å². The van der Waals surface area contributed by atoms with Crippen LogP contribution >= 0.6 is 0 Å². The van der Waals surface area contributed by atoms with Gasteiger partial charge in [0.2, 0.25) is 0 Å². The molecule has 3 N–H and O–H groups in total. The number of aromatic nitrogens is 1. The second kappa shape index (κ2) is 7.50. The topological polar surface area (TPSA) is 104 Å². The van der Waals surface area contributed by atoms with E-state index in [0.29, 0.717) is 0 Å². The highest BCUT2D eigenvalue weighted by Crippen LogP contribution is 2.48. The van der Waals surface area contributed by atoms with Gasteiger partial charge in [0.25, 0.3) is 11.8 Å². The number of alkyl halides is 3. The number of amidine groups is 1. The molecular weight excluding hydrogens is 390 g/mol. The number of aliphatic imine (C=N–C) groups is 1. The highest BCUT2D eigenvalue weighted by Gasteiger charge is 2.58. The molecule has 2 aromatic rings. The Hall–Kier alpha value is -3.48. The first-order chi connectivity index (χ1) is 13.7. The fourth-order valence-electron chi connectivity index (χ4n) is 3.04. The zero-order valence-electron chi connectivity index (χ0n) is 14.9. The molecule has 1 aromatic heterocycles. The third-order valence-corrected chi connectivity index (χ3v) is 4.62. The number of halogens is 4. The van der Waals surface area contributed by atoms with E-state index in [-0.39, 0.29) is 29.2 Å². The van der Waals surface area contributed by atoms with Gasteiger partial charge in [0.05, 0.1) is 11.4 Å². The number of pyridine rings is 1. The van der Waals surface area contributed by atoms with Gasteiger partial charge in [-0.15, -0.1) is 0 Å². The molecule has 1 aliphatic heterocycles. The molecule has 1 aliphatic rings. The number of amides is 1. The van der Waals surface area contributed by atoms with E-state index in [9.17, 15) is 22.4 Å². The highest BCUT2D eigenvalue weighted by molar-refractivity contribution is 6.02. The van der Waals surface area contributed by atoms with Crippen LogP contribution in [0.2, 0.25) is 0 Å². The predicted octanol–water partition coefficient (Wildman–Crippen LogP) is 3.30. The maximum absolute atomic E-state index is 14.6. The molecule has 0 saturated heterocycles. The van der Waals surface area contributed by atoms with Crippen LogP contribution in [-0.4, -0.2) is 29.3 Å². The van der Waals surface area contributed by atoms with Crippen LogP contribution in [0.25, 0.3) is 0 Å². The minimum Gasteiger partial charge on any atom is -0.387 e. The zero-order valence-corrected chi connectivity index (χ0v) is 14.9.